The first-order chi connectivity index (χ1) is 11.8. The fraction of sp³-hybridized carbons (Fsp3) is 0.0952. The summed E-state index contributed by atoms with van der Waals surface area (Å²) in [6.45, 7) is 3.03. The Bertz CT molecular complexity index is 1030. The van der Waals surface area contributed by atoms with E-state index in [-0.39, 0.29) is 5.91 Å². The van der Waals surface area contributed by atoms with Crippen LogP contribution < -0.4 is 5.32 Å². The molecule has 3 nitrogen and oxygen atoms in total. The van der Waals surface area contributed by atoms with E-state index in [4.69, 9.17) is 0 Å². The van der Waals surface area contributed by atoms with Crippen molar-refractivity contribution in [1.29, 1.82) is 0 Å². The van der Waals surface area contributed by atoms with Crippen molar-refractivity contribution in [3.8, 4) is 0 Å². The van der Waals surface area contributed by atoms with E-state index in [0.29, 0.717) is 5.56 Å². The molecule has 4 aromatic rings. The molecule has 1 amide bonds. The van der Waals surface area contributed by atoms with Crippen molar-refractivity contribution in [3.63, 3.8) is 0 Å². The van der Waals surface area contributed by atoms with Gasteiger partial charge in [-0.25, -0.2) is 0 Å². The van der Waals surface area contributed by atoms with Gasteiger partial charge in [-0.05, 0) is 37.3 Å². The Balaban J connectivity index is 1.78. The Hall–Kier alpha value is -3.07. The number of anilines is 1. The van der Waals surface area contributed by atoms with Crippen LogP contribution >= 0.6 is 0 Å². The predicted octanol–water partition coefficient (Wildman–Crippen LogP) is 5.07. The highest BCUT2D eigenvalue weighted by atomic mass is 16.1. The number of aromatic nitrogens is 1. The van der Waals surface area contributed by atoms with Gasteiger partial charge in [-0.1, -0.05) is 42.5 Å². The van der Waals surface area contributed by atoms with Gasteiger partial charge < -0.3 is 9.88 Å². The number of hydrogen-bond donors (Lipinski definition) is 1. The Labute approximate surface area is 140 Å². The van der Waals surface area contributed by atoms with Crippen molar-refractivity contribution < 1.29 is 4.79 Å². The molecule has 1 heterocycles. The lowest BCUT2D eigenvalue weighted by molar-refractivity contribution is 0.102. The van der Waals surface area contributed by atoms with Crippen molar-refractivity contribution in [3.05, 3.63) is 78.4 Å². The fourth-order valence-electron chi connectivity index (χ4n) is 3.26. The van der Waals surface area contributed by atoms with Crippen LogP contribution in [-0.2, 0) is 6.54 Å². The van der Waals surface area contributed by atoms with Gasteiger partial charge in [0, 0.05) is 34.1 Å². The summed E-state index contributed by atoms with van der Waals surface area (Å²) < 4.78 is 2.28. The van der Waals surface area contributed by atoms with E-state index in [1.54, 1.807) is 0 Å². The van der Waals surface area contributed by atoms with Gasteiger partial charge in [0.1, 0.15) is 0 Å². The molecule has 3 heteroatoms. The molecule has 0 aliphatic heterocycles. The molecule has 0 radical (unpaired) electrons. The van der Waals surface area contributed by atoms with E-state index < -0.39 is 0 Å². The van der Waals surface area contributed by atoms with Crippen LogP contribution in [0.5, 0.6) is 0 Å². The van der Waals surface area contributed by atoms with Crippen LogP contribution in [0.3, 0.4) is 0 Å². The molecule has 0 aliphatic rings. The lowest BCUT2D eigenvalue weighted by Crippen LogP contribution is -2.11. The maximum absolute atomic E-state index is 12.4. The highest BCUT2D eigenvalue weighted by molar-refractivity contribution is 6.10. The predicted molar refractivity (Wildman–Crippen MR) is 99.5 cm³/mol. The summed E-state index contributed by atoms with van der Waals surface area (Å²) in [4.78, 5) is 12.4. The highest BCUT2D eigenvalue weighted by Gasteiger charge is 2.11. The third kappa shape index (κ3) is 2.35. The lowest BCUT2D eigenvalue weighted by Gasteiger charge is -2.07. The summed E-state index contributed by atoms with van der Waals surface area (Å²) >= 11 is 0. The number of nitrogens with one attached hydrogen (secondary N) is 1. The van der Waals surface area contributed by atoms with Gasteiger partial charge in [-0.2, -0.15) is 0 Å². The van der Waals surface area contributed by atoms with Crippen molar-refractivity contribution in [2.45, 2.75) is 13.5 Å². The number of rotatable bonds is 3. The van der Waals surface area contributed by atoms with Crippen LogP contribution in [0, 0.1) is 0 Å². The number of hydrogen-bond acceptors (Lipinski definition) is 1. The lowest BCUT2D eigenvalue weighted by atomic mass is 10.1. The number of aryl methyl sites for hydroxylation is 1. The smallest absolute Gasteiger partial charge is 0.255 e. The normalized spacial score (nSPS) is 11.0. The number of benzene rings is 3. The van der Waals surface area contributed by atoms with Crippen LogP contribution in [0.25, 0.3) is 21.8 Å². The largest absolute Gasteiger partial charge is 0.341 e. The van der Waals surface area contributed by atoms with Crippen molar-refractivity contribution in [1.82, 2.24) is 4.57 Å². The van der Waals surface area contributed by atoms with E-state index in [0.717, 1.165) is 17.7 Å². The summed E-state index contributed by atoms with van der Waals surface area (Å²) in [5, 5.41) is 5.45. The molecule has 0 fully saturated rings. The van der Waals surface area contributed by atoms with Gasteiger partial charge in [0.15, 0.2) is 0 Å². The fourth-order valence-corrected chi connectivity index (χ4v) is 3.26. The minimum Gasteiger partial charge on any atom is -0.341 e. The van der Waals surface area contributed by atoms with Crippen LogP contribution in [0.15, 0.2) is 72.8 Å². The second kappa shape index (κ2) is 5.85. The minimum absolute atomic E-state index is 0.0888. The first kappa shape index (κ1) is 14.5. The number of carbonyl (C=O) groups is 1. The highest BCUT2D eigenvalue weighted by Crippen LogP contribution is 2.30. The van der Waals surface area contributed by atoms with Crippen molar-refractivity contribution in [2.24, 2.45) is 0 Å². The van der Waals surface area contributed by atoms with E-state index in [1.165, 1.54) is 16.3 Å². The molecule has 0 aliphatic carbocycles. The monoisotopic (exact) mass is 314 g/mol. The van der Waals surface area contributed by atoms with Crippen LogP contribution in [0.4, 0.5) is 5.69 Å². The number of fused-ring (bicyclic) bond motifs is 3. The third-order valence-corrected chi connectivity index (χ3v) is 4.38. The minimum atomic E-state index is -0.0888. The first-order valence-corrected chi connectivity index (χ1v) is 8.15. The van der Waals surface area contributed by atoms with Crippen LogP contribution in [-0.4, -0.2) is 10.5 Å². The number of carbonyl (C=O) groups excluding carboxylic acids is 1. The molecular weight excluding hydrogens is 296 g/mol. The number of para-hydroxylation sites is 1. The van der Waals surface area contributed by atoms with Crippen LogP contribution in [0.1, 0.15) is 17.3 Å². The standard InChI is InChI=1S/C21H18N2O/c1-2-23-19-11-7-6-10-17(19)18-13-12-16(14-20(18)23)22-21(24)15-8-4-3-5-9-15/h3-14H,2H2,1H3,(H,22,24). The molecule has 0 unspecified atom stereocenters. The van der Waals surface area contributed by atoms with Gasteiger partial charge in [0.05, 0.1) is 5.52 Å². The van der Waals surface area contributed by atoms with Gasteiger partial charge >= 0.3 is 0 Å². The summed E-state index contributed by atoms with van der Waals surface area (Å²) in [5.41, 5.74) is 3.84. The average Bonchev–Trinajstić information content (AvgIpc) is 2.95. The second-order valence-electron chi connectivity index (χ2n) is 5.81. The Morgan fingerprint density at radius 2 is 1.58 bits per heavy atom. The van der Waals surface area contributed by atoms with E-state index in [1.807, 2.05) is 36.4 Å². The maximum atomic E-state index is 12.4. The third-order valence-electron chi connectivity index (χ3n) is 4.38. The van der Waals surface area contributed by atoms with Crippen LogP contribution in [0.2, 0.25) is 0 Å². The molecule has 3 aromatic carbocycles. The second-order valence-corrected chi connectivity index (χ2v) is 5.81. The van der Waals surface area contributed by atoms with Crippen molar-refractivity contribution in [2.75, 3.05) is 5.32 Å². The topological polar surface area (TPSA) is 34.0 Å². The molecule has 0 saturated heterocycles. The number of amides is 1. The first-order valence-electron chi connectivity index (χ1n) is 8.15. The van der Waals surface area contributed by atoms with Crippen molar-refractivity contribution >= 4 is 33.4 Å². The zero-order valence-corrected chi connectivity index (χ0v) is 13.5. The van der Waals surface area contributed by atoms with Gasteiger partial charge in [0.2, 0.25) is 0 Å². The Morgan fingerprint density at radius 3 is 2.38 bits per heavy atom. The molecule has 0 bridgehead atoms. The van der Waals surface area contributed by atoms with E-state index in [2.05, 4.69) is 53.2 Å². The summed E-state index contributed by atoms with van der Waals surface area (Å²) in [7, 11) is 0. The van der Waals surface area contributed by atoms with Gasteiger partial charge in [-0.15, -0.1) is 0 Å². The average molecular weight is 314 g/mol. The Kier molecular flexibility index (Phi) is 3.54. The molecule has 0 spiro atoms. The zero-order chi connectivity index (χ0) is 16.5. The quantitative estimate of drug-likeness (QED) is 0.563. The molecular formula is C21H18N2O. The van der Waals surface area contributed by atoms with E-state index >= 15 is 0 Å². The molecule has 118 valence electrons. The Morgan fingerprint density at radius 1 is 0.875 bits per heavy atom. The molecule has 24 heavy (non-hydrogen) atoms. The summed E-state index contributed by atoms with van der Waals surface area (Å²) in [6, 6.07) is 23.8. The summed E-state index contributed by atoms with van der Waals surface area (Å²) in [6.07, 6.45) is 0. The van der Waals surface area contributed by atoms with Gasteiger partial charge in [0.25, 0.3) is 5.91 Å². The number of nitrogens with zero attached hydrogens (tertiary/aromatic N) is 1. The maximum Gasteiger partial charge on any atom is 0.255 e. The van der Waals surface area contributed by atoms with Gasteiger partial charge in [-0.3, -0.25) is 4.79 Å². The molecule has 1 aromatic heterocycles. The molecule has 4 rings (SSSR count). The summed E-state index contributed by atoms with van der Waals surface area (Å²) in [5.74, 6) is -0.0888. The molecule has 0 atom stereocenters. The molecule has 1 N–H and O–H groups in total. The zero-order valence-electron chi connectivity index (χ0n) is 13.5. The van der Waals surface area contributed by atoms with E-state index in [9.17, 15) is 4.79 Å². The molecule has 0 saturated carbocycles. The SMILES string of the molecule is CCn1c2ccccc2c2ccc(NC(=O)c3ccccc3)cc21.